The molecule has 1 aliphatic rings. The van der Waals surface area contributed by atoms with Crippen molar-refractivity contribution in [3.63, 3.8) is 0 Å². The lowest BCUT2D eigenvalue weighted by Crippen LogP contribution is -2.27. The summed E-state index contributed by atoms with van der Waals surface area (Å²) in [4.78, 5) is 23.0. The van der Waals surface area contributed by atoms with Gasteiger partial charge in [0.05, 0.1) is 35.1 Å². The van der Waals surface area contributed by atoms with Crippen LogP contribution >= 0.6 is 0 Å². The van der Waals surface area contributed by atoms with E-state index in [1.807, 2.05) is 58.3 Å². The number of nitrogens with one attached hydrogen (secondary N) is 1. The van der Waals surface area contributed by atoms with Crippen molar-refractivity contribution in [2.24, 2.45) is 0 Å². The first-order valence-electron chi connectivity index (χ1n) is 12.9. The number of hydrogen-bond donors (Lipinski definition) is 1. The molecule has 38 heavy (non-hydrogen) atoms. The molecule has 0 amide bonds. The molecule has 0 spiro atoms. The molecule has 5 aromatic rings. The number of carbonyl (C=O) groups is 1. The molecule has 7 heteroatoms. The second-order valence-electron chi connectivity index (χ2n) is 10.9. The van der Waals surface area contributed by atoms with Crippen molar-refractivity contribution in [1.29, 1.82) is 0 Å². The normalized spacial score (nSPS) is 14.0. The monoisotopic (exact) mass is 506 g/mol. The van der Waals surface area contributed by atoms with Gasteiger partial charge in [0.1, 0.15) is 11.9 Å². The first-order chi connectivity index (χ1) is 18.2. The lowest BCUT2D eigenvalue weighted by molar-refractivity contribution is -0.138. The summed E-state index contributed by atoms with van der Waals surface area (Å²) in [5.41, 5.74) is 7.73. The molecular weight excluding hydrogens is 476 g/mol. The van der Waals surface area contributed by atoms with Crippen LogP contribution in [0.15, 0.2) is 55.0 Å². The van der Waals surface area contributed by atoms with Crippen LogP contribution in [0.3, 0.4) is 0 Å². The van der Waals surface area contributed by atoms with Crippen LogP contribution in [0.4, 0.5) is 0 Å². The average molecular weight is 507 g/mol. The zero-order valence-corrected chi connectivity index (χ0v) is 22.3. The smallest absolute Gasteiger partial charge is 0.163 e. The Balaban J connectivity index is 1.71. The molecule has 0 aliphatic carbocycles. The van der Waals surface area contributed by atoms with E-state index in [1.54, 1.807) is 13.1 Å². The third-order valence-corrected chi connectivity index (χ3v) is 6.98. The molecule has 2 aromatic carbocycles. The highest BCUT2D eigenvalue weighted by Crippen LogP contribution is 2.45. The number of pyridine rings is 2. The van der Waals surface area contributed by atoms with Crippen LogP contribution in [0.25, 0.3) is 44.2 Å². The molecule has 1 N–H and O–H groups in total. The summed E-state index contributed by atoms with van der Waals surface area (Å²) in [5, 5.41) is 8.89. The molecule has 192 valence electrons. The second kappa shape index (κ2) is 9.03. The molecule has 0 saturated heterocycles. The molecule has 1 aliphatic heterocycles. The number of ketones is 1. The van der Waals surface area contributed by atoms with E-state index in [-0.39, 0.29) is 5.78 Å². The number of carbonyl (C=O) groups excluding carboxylic acids is 1. The number of ether oxygens (including phenoxy) is 2. The van der Waals surface area contributed by atoms with Crippen molar-refractivity contribution < 1.29 is 14.3 Å². The van der Waals surface area contributed by atoms with E-state index in [9.17, 15) is 4.79 Å². The van der Waals surface area contributed by atoms with Crippen LogP contribution in [0.1, 0.15) is 50.5 Å². The van der Waals surface area contributed by atoms with Gasteiger partial charge in [-0.05, 0) is 87.2 Å². The van der Waals surface area contributed by atoms with Gasteiger partial charge in [-0.3, -0.25) is 14.9 Å². The van der Waals surface area contributed by atoms with Gasteiger partial charge in [0.15, 0.2) is 5.78 Å². The molecule has 0 unspecified atom stereocenters. The Hall–Kier alpha value is -4.10. The summed E-state index contributed by atoms with van der Waals surface area (Å²) >= 11 is 0. The van der Waals surface area contributed by atoms with Crippen molar-refractivity contribution in [2.45, 2.75) is 52.7 Å². The Labute approximate surface area is 221 Å². The van der Waals surface area contributed by atoms with Gasteiger partial charge >= 0.3 is 0 Å². The topological polar surface area (TPSA) is 90.0 Å². The molecule has 0 radical (unpaired) electrons. The number of hydrogen-bond acceptors (Lipinski definition) is 6. The Morgan fingerprint density at radius 1 is 1.16 bits per heavy atom. The van der Waals surface area contributed by atoms with Gasteiger partial charge in [0.2, 0.25) is 0 Å². The van der Waals surface area contributed by atoms with Gasteiger partial charge in [-0.15, -0.1) is 0 Å². The maximum atomic E-state index is 13.1. The molecule has 7 nitrogen and oxygen atoms in total. The number of rotatable bonds is 5. The molecule has 0 saturated carbocycles. The Kier molecular flexibility index (Phi) is 5.76. The number of H-pyrrole nitrogens is 1. The van der Waals surface area contributed by atoms with Crippen LogP contribution in [0, 0.1) is 6.92 Å². The second-order valence-corrected chi connectivity index (χ2v) is 10.9. The lowest BCUT2D eigenvalue weighted by Gasteiger charge is -2.30. The first kappa shape index (κ1) is 24.2. The fraction of sp³-hybridized carbons (Fsp3) is 0.290. The minimum absolute atomic E-state index is 0.0503. The van der Waals surface area contributed by atoms with Crippen molar-refractivity contribution >= 4 is 27.6 Å². The van der Waals surface area contributed by atoms with E-state index < -0.39 is 11.7 Å². The summed E-state index contributed by atoms with van der Waals surface area (Å²) in [6.07, 6.45) is 5.53. The van der Waals surface area contributed by atoms with Gasteiger partial charge in [0, 0.05) is 40.7 Å². The van der Waals surface area contributed by atoms with Gasteiger partial charge in [0.25, 0.3) is 0 Å². The quantitative estimate of drug-likeness (QED) is 0.292. The predicted molar refractivity (Wildman–Crippen MR) is 148 cm³/mol. The summed E-state index contributed by atoms with van der Waals surface area (Å²) in [7, 11) is 0. The SMILES string of the molecule is CC(=O)[C@@H](OC(C)(C)C)c1c(C)cc2nc(-c3cn[nH]c3)ccc2c1-c1ccc2c3c(ccnc13)CCO2. The molecular formula is C31H30N4O3. The molecule has 4 heterocycles. The predicted octanol–water partition coefficient (Wildman–Crippen LogP) is 6.53. The van der Waals surface area contributed by atoms with E-state index in [1.165, 1.54) is 5.56 Å². The van der Waals surface area contributed by atoms with Gasteiger partial charge in [-0.2, -0.15) is 5.10 Å². The van der Waals surface area contributed by atoms with E-state index in [0.717, 1.165) is 67.5 Å². The highest BCUT2D eigenvalue weighted by Gasteiger charge is 2.31. The maximum absolute atomic E-state index is 13.1. The summed E-state index contributed by atoms with van der Waals surface area (Å²) in [5.74, 6) is 0.789. The number of nitrogens with zero attached hydrogens (tertiary/aromatic N) is 3. The molecule has 0 bridgehead atoms. The van der Waals surface area contributed by atoms with Crippen molar-refractivity contribution in [1.82, 2.24) is 20.2 Å². The van der Waals surface area contributed by atoms with E-state index in [4.69, 9.17) is 19.4 Å². The first-order valence-corrected chi connectivity index (χ1v) is 12.9. The Morgan fingerprint density at radius 3 is 2.74 bits per heavy atom. The van der Waals surface area contributed by atoms with E-state index in [0.29, 0.717) is 6.61 Å². The van der Waals surface area contributed by atoms with Crippen LogP contribution in [0.2, 0.25) is 0 Å². The molecule has 0 fully saturated rings. The number of aromatic amines is 1. The molecule has 1 atom stereocenters. The summed E-state index contributed by atoms with van der Waals surface area (Å²) in [6.45, 7) is 10.2. The van der Waals surface area contributed by atoms with Crippen LogP contribution in [-0.4, -0.2) is 38.2 Å². The fourth-order valence-corrected chi connectivity index (χ4v) is 5.40. The van der Waals surface area contributed by atoms with Crippen molar-refractivity contribution in [2.75, 3.05) is 6.61 Å². The minimum Gasteiger partial charge on any atom is -0.493 e. The van der Waals surface area contributed by atoms with Gasteiger partial charge in [-0.1, -0.05) is 6.07 Å². The number of aromatic nitrogens is 4. The molecule has 6 rings (SSSR count). The lowest BCUT2D eigenvalue weighted by atomic mass is 9.85. The Bertz CT molecular complexity index is 1690. The zero-order chi connectivity index (χ0) is 26.6. The number of Topliss-reactive ketones (excluding diaryl/α,β-unsaturated/α-hetero) is 1. The minimum atomic E-state index is -0.745. The van der Waals surface area contributed by atoms with Gasteiger partial charge in [-0.25, -0.2) is 4.98 Å². The number of benzene rings is 2. The van der Waals surface area contributed by atoms with Crippen molar-refractivity contribution in [3.05, 3.63) is 71.7 Å². The average Bonchev–Trinajstić information content (AvgIpc) is 3.42. The Morgan fingerprint density at radius 2 is 2.00 bits per heavy atom. The van der Waals surface area contributed by atoms with Crippen LogP contribution in [-0.2, 0) is 16.0 Å². The van der Waals surface area contributed by atoms with Crippen molar-refractivity contribution in [3.8, 4) is 28.1 Å². The highest BCUT2D eigenvalue weighted by molar-refractivity contribution is 6.08. The fourth-order valence-electron chi connectivity index (χ4n) is 5.40. The summed E-state index contributed by atoms with van der Waals surface area (Å²) in [6, 6.07) is 12.2. The molecule has 3 aromatic heterocycles. The third kappa shape index (κ3) is 4.13. The standard InChI is InChI=1S/C31H30N4O3/c1-17-14-24-21(6-8-23(35-24)20-15-33-34-16-20)28(26(17)30(18(2)36)38-31(3,4)5)22-7-9-25-27-19(11-13-37-25)10-12-32-29(22)27/h6-10,12,14-16,30H,11,13H2,1-5H3,(H,33,34)/t30-/m1/s1. The van der Waals surface area contributed by atoms with Gasteiger partial charge < -0.3 is 9.47 Å². The number of fused-ring (bicyclic) bond motifs is 1. The van der Waals surface area contributed by atoms with Crippen LogP contribution in [0.5, 0.6) is 5.75 Å². The van der Waals surface area contributed by atoms with E-state index >= 15 is 0 Å². The largest absolute Gasteiger partial charge is 0.493 e. The number of aryl methyl sites for hydroxylation is 1. The summed E-state index contributed by atoms with van der Waals surface area (Å²) < 4.78 is 12.4. The zero-order valence-electron chi connectivity index (χ0n) is 22.3. The highest BCUT2D eigenvalue weighted by atomic mass is 16.5. The van der Waals surface area contributed by atoms with Crippen LogP contribution < -0.4 is 4.74 Å². The maximum Gasteiger partial charge on any atom is 0.163 e. The third-order valence-electron chi connectivity index (χ3n) is 6.98. The van der Waals surface area contributed by atoms with E-state index in [2.05, 4.69) is 28.4 Å².